The Morgan fingerprint density at radius 1 is 1.04 bits per heavy atom. The maximum Gasteiger partial charge on any atom is 0.408 e. The maximum atomic E-state index is 12.3. The lowest BCUT2D eigenvalue weighted by Crippen LogP contribution is -2.56. The molecule has 26 heavy (non-hydrogen) atoms. The van der Waals surface area contributed by atoms with Crippen molar-refractivity contribution in [3.63, 3.8) is 0 Å². The second kappa shape index (κ2) is 9.87. The normalized spacial score (nSPS) is 12.8. The van der Waals surface area contributed by atoms with E-state index in [4.69, 9.17) is 4.74 Å². The fourth-order valence-corrected chi connectivity index (χ4v) is 3.16. The lowest BCUT2D eigenvalue weighted by molar-refractivity contribution is -0.144. The summed E-state index contributed by atoms with van der Waals surface area (Å²) < 4.78 is 5.23. The van der Waals surface area contributed by atoms with E-state index < -0.39 is 17.6 Å². The van der Waals surface area contributed by atoms with Crippen molar-refractivity contribution < 1.29 is 19.4 Å². The van der Waals surface area contributed by atoms with Gasteiger partial charge in [0.15, 0.2) is 0 Å². The highest BCUT2D eigenvalue weighted by Crippen LogP contribution is 2.21. The van der Waals surface area contributed by atoms with Crippen molar-refractivity contribution in [3.05, 3.63) is 71.8 Å². The summed E-state index contributed by atoms with van der Waals surface area (Å²) in [7, 11) is 0. The van der Waals surface area contributed by atoms with E-state index in [2.05, 4.69) is 5.32 Å². The van der Waals surface area contributed by atoms with Crippen LogP contribution >= 0.6 is 11.8 Å². The van der Waals surface area contributed by atoms with Crippen molar-refractivity contribution in [3.8, 4) is 0 Å². The van der Waals surface area contributed by atoms with Crippen LogP contribution in [0.4, 0.5) is 4.79 Å². The van der Waals surface area contributed by atoms with E-state index in [1.165, 1.54) is 11.8 Å². The fourth-order valence-electron chi connectivity index (χ4n) is 2.61. The molecule has 2 aromatic carbocycles. The number of hydrogen-bond acceptors (Lipinski definition) is 4. The molecule has 2 N–H and O–H groups in total. The third kappa shape index (κ3) is 5.81. The van der Waals surface area contributed by atoms with Gasteiger partial charge in [0, 0.05) is 6.42 Å². The van der Waals surface area contributed by atoms with Crippen molar-refractivity contribution in [1.29, 1.82) is 0 Å². The molecule has 0 spiro atoms. The van der Waals surface area contributed by atoms with Gasteiger partial charge in [-0.1, -0.05) is 60.7 Å². The molecule has 0 heterocycles. The van der Waals surface area contributed by atoms with E-state index in [1.54, 1.807) is 0 Å². The summed E-state index contributed by atoms with van der Waals surface area (Å²) in [5.74, 6) is -0.454. The van der Waals surface area contributed by atoms with Crippen LogP contribution in [-0.4, -0.2) is 34.7 Å². The van der Waals surface area contributed by atoms with E-state index in [1.807, 2.05) is 66.9 Å². The first-order valence-electron chi connectivity index (χ1n) is 8.31. The second-order valence-electron chi connectivity index (χ2n) is 5.98. The summed E-state index contributed by atoms with van der Waals surface area (Å²) in [5.41, 5.74) is 0.285. The molecule has 0 aliphatic rings. The first kappa shape index (κ1) is 19.8. The Balaban J connectivity index is 2.11. The SMILES string of the molecule is CSCC[C@@](Cc1ccccc1)(NC(=O)OCc1ccccc1)C(=O)O. The Morgan fingerprint density at radius 3 is 2.15 bits per heavy atom. The van der Waals surface area contributed by atoms with Gasteiger partial charge in [0.2, 0.25) is 0 Å². The van der Waals surface area contributed by atoms with Crippen molar-refractivity contribution >= 4 is 23.8 Å². The van der Waals surface area contributed by atoms with Gasteiger partial charge < -0.3 is 15.2 Å². The van der Waals surface area contributed by atoms with Gasteiger partial charge in [-0.2, -0.15) is 11.8 Å². The molecule has 2 aromatic rings. The third-order valence-corrected chi connectivity index (χ3v) is 4.66. The van der Waals surface area contributed by atoms with Crippen LogP contribution in [0.2, 0.25) is 0 Å². The fraction of sp³-hybridized carbons (Fsp3) is 0.300. The molecule has 1 amide bonds. The number of benzene rings is 2. The minimum absolute atomic E-state index is 0.0935. The zero-order valence-corrected chi connectivity index (χ0v) is 15.5. The Kier molecular flexibility index (Phi) is 7.53. The summed E-state index contributed by atoms with van der Waals surface area (Å²) >= 11 is 1.54. The number of thioether (sulfide) groups is 1. The summed E-state index contributed by atoms with van der Waals surface area (Å²) in [5, 5.41) is 12.5. The van der Waals surface area contributed by atoms with Crippen LogP contribution in [0.3, 0.4) is 0 Å². The lowest BCUT2D eigenvalue weighted by Gasteiger charge is -2.30. The van der Waals surface area contributed by atoms with Crippen LogP contribution in [0.15, 0.2) is 60.7 Å². The van der Waals surface area contributed by atoms with Gasteiger partial charge in [-0.05, 0) is 29.6 Å². The molecular weight excluding hydrogens is 350 g/mol. The highest BCUT2D eigenvalue weighted by Gasteiger charge is 2.40. The lowest BCUT2D eigenvalue weighted by atomic mass is 9.88. The molecule has 6 heteroatoms. The summed E-state index contributed by atoms with van der Waals surface area (Å²) in [6.45, 7) is 0.0935. The topological polar surface area (TPSA) is 75.6 Å². The van der Waals surface area contributed by atoms with Crippen LogP contribution in [0, 0.1) is 0 Å². The Labute approximate surface area is 157 Å². The van der Waals surface area contributed by atoms with Crippen LogP contribution in [0.1, 0.15) is 17.5 Å². The average molecular weight is 373 g/mol. The van der Waals surface area contributed by atoms with Gasteiger partial charge in [0.1, 0.15) is 12.1 Å². The molecule has 1 atom stereocenters. The molecule has 138 valence electrons. The minimum Gasteiger partial charge on any atom is -0.479 e. The molecule has 5 nitrogen and oxygen atoms in total. The highest BCUT2D eigenvalue weighted by molar-refractivity contribution is 7.98. The van der Waals surface area contributed by atoms with Gasteiger partial charge in [0.05, 0.1) is 0 Å². The molecule has 0 saturated carbocycles. The number of ether oxygens (including phenoxy) is 1. The van der Waals surface area contributed by atoms with Crippen LogP contribution < -0.4 is 5.32 Å². The molecule has 0 unspecified atom stereocenters. The van der Waals surface area contributed by atoms with Gasteiger partial charge >= 0.3 is 12.1 Å². The first-order valence-corrected chi connectivity index (χ1v) is 9.70. The summed E-state index contributed by atoms with van der Waals surface area (Å²) in [6.07, 6.45) is 1.68. The monoisotopic (exact) mass is 373 g/mol. The summed E-state index contributed by atoms with van der Waals surface area (Å²) in [6, 6.07) is 18.6. The van der Waals surface area contributed by atoms with Crippen molar-refractivity contribution in [2.24, 2.45) is 0 Å². The van der Waals surface area contributed by atoms with Gasteiger partial charge in [-0.15, -0.1) is 0 Å². The van der Waals surface area contributed by atoms with Crippen molar-refractivity contribution in [1.82, 2.24) is 5.32 Å². The molecule has 0 radical (unpaired) electrons. The van der Waals surface area contributed by atoms with Crippen LogP contribution in [0.25, 0.3) is 0 Å². The molecule has 0 saturated heterocycles. The number of nitrogens with one attached hydrogen (secondary N) is 1. The second-order valence-corrected chi connectivity index (χ2v) is 6.96. The predicted molar refractivity (Wildman–Crippen MR) is 103 cm³/mol. The number of rotatable bonds is 9. The molecular formula is C20H23NO4S. The van der Waals surface area contributed by atoms with Gasteiger partial charge in [-0.3, -0.25) is 0 Å². The van der Waals surface area contributed by atoms with E-state index >= 15 is 0 Å². The van der Waals surface area contributed by atoms with Gasteiger partial charge in [-0.25, -0.2) is 9.59 Å². The van der Waals surface area contributed by atoms with E-state index in [-0.39, 0.29) is 13.0 Å². The van der Waals surface area contributed by atoms with Crippen LogP contribution in [-0.2, 0) is 22.6 Å². The Morgan fingerprint density at radius 2 is 1.62 bits per heavy atom. The van der Waals surface area contributed by atoms with Crippen LogP contribution in [0.5, 0.6) is 0 Å². The molecule has 2 rings (SSSR count). The number of amides is 1. The smallest absolute Gasteiger partial charge is 0.408 e. The number of alkyl carbamates (subject to hydrolysis) is 1. The van der Waals surface area contributed by atoms with E-state index in [9.17, 15) is 14.7 Å². The quantitative estimate of drug-likeness (QED) is 0.700. The largest absolute Gasteiger partial charge is 0.479 e. The highest BCUT2D eigenvalue weighted by atomic mass is 32.2. The molecule has 0 aliphatic heterocycles. The van der Waals surface area contributed by atoms with Crippen molar-refractivity contribution in [2.75, 3.05) is 12.0 Å². The van der Waals surface area contributed by atoms with E-state index in [0.717, 1.165) is 11.1 Å². The molecule has 0 fully saturated rings. The molecule has 0 aromatic heterocycles. The summed E-state index contributed by atoms with van der Waals surface area (Å²) in [4.78, 5) is 24.3. The van der Waals surface area contributed by atoms with Gasteiger partial charge in [0.25, 0.3) is 0 Å². The van der Waals surface area contributed by atoms with E-state index in [0.29, 0.717) is 12.2 Å². The standard InChI is InChI=1S/C20H23NO4S/c1-26-13-12-20(18(22)23,14-16-8-4-2-5-9-16)21-19(24)25-15-17-10-6-3-7-11-17/h2-11H,12-15H2,1H3,(H,21,24)(H,22,23)/t20-/m0/s1. The third-order valence-electron chi connectivity index (χ3n) is 4.05. The number of hydrogen-bond donors (Lipinski definition) is 2. The van der Waals surface area contributed by atoms with Crippen molar-refractivity contribution in [2.45, 2.75) is 25.0 Å². The number of aliphatic carboxylic acids is 1. The minimum atomic E-state index is -1.40. The molecule has 0 aliphatic carbocycles. The first-order chi connectivity index (χ1) is 12.6. The Hall–Kier alpha value is -2.47. The average Bonchev–Trinajstić information content (AvgIpc) is 2.66. The number of carbonyl (C=O) groups excluding carboxylic acids is 1. The maximum absolute atomic E-state index is 12.3. The predicted octanol–water partition coefficient (Wildman–Crippen LogP) is 3.73. The number of carboxylic acid groups (broad SMARTS) is 1. The Bertz CT molecular complexity index is 708. The zero-order valence-electron chi connectivity index (χ0n) is 14.7. The number of carbonyl (C=O) groups is 2. The number of carboxylic acids is 1. The molecule has 0 bridgehead atoms. The zero-order chi connectivity index (χ0) is 18.8.